The van der Waals surface area contributed by atoms with Crippen molar-refractivity contribution in [2.45, 2.75) is 45.9 Å². The van der Waals surface area contributed by atoms with Crippen LogP contribution in [0.2, 0.25) is 0 Å². The van der Waals surface area contributed by atoms with Crippen molar-refractivity contribution < 1.29 is 14.3 Å². The van der Waals surface area contributed by atoms with Gasteiger partial charge in [-0.1, -0.05) is 0 Å². The zero-order valence-corrected chi connectivity index (χ0v) is 13.5. The fourth-order valence-electron chi connectivity index (χ4n) is 3.00. The van der Waals surface area contributed by atoms with Gasteiger partial charge in [0.15, 0.2) is 0 Å². The van der Waals surface area contributed by atoms with Gasteiger partial charge in [-0.25, -0.2) is 0 Å². The number of fused-ring (bicyclic) bond motifs is 1. The summed E-state index contributed by atoms with van der Waals surface area (Å²) in [6.45, 7) is 5.54. The molecule has 1 fully saturated rings. The highest BCUT2D eigenvalue weighted by atomic mass is 16.5. The molecular formula is C16H25N3O3. The average molecular weight is 307 g/mol. The molecule has 1 aliphatic heterocycles. The Hall–Kier alpha value is -1.40. The molecule has 0 atom stereocenters. The van der Waals surface area contributed by atoms with E-state index in [0.29, 0.717) is 19.8 Å². The fraction of sp³-hybridized carbons (Fsp3) is 0.750. The standard InChI is InChI=1S/C16H25N3O3/c1-3-22-11-16(20)18-7-6-15-13(9-18)14(10-21-2)17-19(15)8-12-4-5-12/h12H,3-11H2,1-2H3. The van der Waals surface area contributed by atoms with Crippen molar-refractivity contribution in [2.75, 3.05) is 26.9 Å². The van der Waals surface area contributed by atoms with Crippen molar-refractivity contribution in [1.29, 1.82) is 0 Å². The summed E-state index contributed by atoms with van der Waals surface area (Å²) < 4.78 is 12.7. The highest BCUT2D eigenvalue weighted by molar-refractivity contribution is 5.77. The van der Waals surface area contributed by atoms with E-state index >= 15 is 0 Å². The van der Waals surface area contributed by atoms with Crippen molar-refractivity contribution in [3.63, 3.8) is 0 Å². The summed E-state index contributed by atoms with van der Waals surface area (Å²) in [5.41, 5.74) is 3.45. The molecule has 3 rings (SSSR count). The number of carbonyl (C=O) groups is 1. The average Bonchev–Trinajstić information content (AvgIpc) is 3.28. The van der Waals surface area contributed by atoms with Gasteiger partial charge >= 0.3 is 0 Å². The second-order valence-electron chi connectivity index (χ2n) is 6.13. The normalized spacial score (nSPS) is 17.6. The highest BCUT2D eigenvalue weighted by Gasteiger charge is 2.30. The molecule has 22 heavy (non-hydrogen) atoms. The third-order valence-corrected chi connectivity index (χ3v) is 4.41. The number of nitrogens with zero attached hydrogens (tertiary/aromatic N) is 3. The van der Waals surface area contributed by atoms with Gasteiger partial charge in [-0.15, -0.1) is 0 Å². The Morgan fingerprint density at radius 3 is 2.91 bits per heavy atom. The summed E-state index contributed by atoms with van der Waals surface area (Å²) in [5, 5.41) is 4.74. The number of methoxy groups -OCH3 is 1. The van der Waals surface area contributed by atoms with Crippen LogP contribution in [-0.2, 0) is 40.4 Å². The Bertz CT molecular complexity index is 537. The largest absolute Gasteiger partial charge is 0.378 e. The van der Waals surface area contributed by atoms with Crippen LogP contribution in [0.25, 0.3) is 0 Å². The Labute approximate surface area is 131 Å². The van der Waals surface area contributed by atoms with E-state index in [2.05, 4.69) is 4.68 Å². The zero-order valence-electron chi connectivity index (χ0n) is 13.5. The lowest BCUT2D eigenvalue weighted by molar-refractivity contribution is -0.136. The number of aromatic nitrogens is 2. The number of ether oxygens (including phenoxy) is 2. The van der Waals surface area contributed by atoms with Gasteiger partial charge < -0.3 is 14.4 Å². The summed E-state index contributed by atoms with van der Waals surface area (Å²) >= 11 is 0. The predicted octanol–water partition coefficient (Wildman–Crippen LogP) is 1.36. The Balaban J connectivity index is 1.76. The minimum absolute atomic E-state index is 0.0609. The summed E-state index contributed by atoms with van der Waals surface area (Å²) in [5.74, 6) is 0.850. The van der Waals surface area contributed by atoms with Crippen LogP contribution in [0.15, 0.2) is 0 Å². The Morgan fingerprint density at radius 1 is 1.41 bits per heavy atom. The minimum Gasteiger partial charge on any atom is -0.378 e. The molecule has 1 aliphatic carbocycles. The molecule has 0 N–H and O–H groups in total. The van der Waals surface area contributed by atoms with Crippen molar-refractivity contribution >= 4 is 5.91 Å². The summed E-state index contributed by atoms with van der Waals surface area (Å²) in [6, 6.07) is 0. The molecule has 0 spiro atoms. The molecule has 1 saturated carbocycles. The van der Waals surface area contributed by atoms with E-state index in [-0.39, 0.29) is 12.5 Å². The lowest BCUT2D eigenvalue weighted by Gasteiger charge is -2.28. The van der Waals surface area contributed by atoms with Crippen LogP contribution in [0.4, 0.5) is 0 Å². The van der Waals surface area contributed by atoms with Gasteiger partial charge in [0.2, 0.25) is 5.91 Å². The number of amides is 1. The van der Waals surface area contributed by atoms with Gasteiger partial charge in [-0.05, 0) is 25.7 Å². The van der Waals surface area contributed by atoms with Gasteiger partial charge in [-0.2, -0.15) is 5.10 Å². The molecule has 0 unspecified atom stereocenters. The van der Waals surface area contributed by atoms with Crippen LogP contribution in [0.5, 0.6) is 0 Å². The third-order valence-electron chi connectivity index (χ3n) is 4.41. The summed E-state index contributed by atoms with van der Waals surface area (Å²) in [6.07, 6.45) is 3.50. The smallest absolute Gasteiger partial charge is 0.248 e. The third kappa shape index (κ3) is 3.33. The number of carbonyl (C=O) groups excluding carboxylic acids is 1. The van der Waals surface area contributed by atoms with Crippen LogP contribution in [0.1, 0.15) is 36.7 Å². The monoisotopic (exact) mass is 307 g/mol. The van der Waals surface area contributed by atoms with Crippen LogP contribution >= 0.6 is 0 Å². The van der Waals surface area contributed by atoms with Crippen molar-refractivity contribution in [3.8, 4) is 0 Å². The van der Waals surface area contributed by atoms with E-state index in [9.17, 15) is 4.79 Å². The fourth-order valence-corrected chi connectivity index (χ4v) is 3.00. The quantitative estimate of drug-likeness (QED) is 0.763. The second kappa shape index (κ2) is 6.79. The van der Waals surface area contributed by atoms with E-state index in [1.165, 1.54) is 24.1 Å². The van der Waals surface area contributed by atoms with Gasteiger partial charge in [0.1, 0.15) is 6.61 Å². The summed E-state index contributed by atoms with van der Waals surface area (Å²) in [4.78, 5) is 14.0. The maximum Gasteiger partial charge on any atom is 0.248 e. The first-order valence-electron chi connectivity index (χ1n) is 8.14. The molecule has 1 aromatic rings. The maximum atomic E-state index is 12.2. The lowest BCUT2D eigenvalue weighted by Crippen LogP contribution is -2.38. The van der Waals surface area contributed by atoms with Crippen LogP contribution in [0, 0.1) is 5.92 Å². The topological polar surface area (TPSA) is 56.6 Å². The predicted molar refractivity (Wildman–Crippen MR) is 81.3 cm³/mol. The van der Waals surface area contributed by atoms with Gasteiger partial charge in [0, 0.05) is 51.0 Å². The number of hydrogen-bond acceptors (Lipinski definition) is 4. The van der Waals surface area contributed by atoms with Crippen molar-refractivity contribution in [2.24, 2.45) is 5.92 Å². The second-order valence-corrected chi connectivity index (χ2v) is 6.13. The molecule has 0 radical (unpaired) electrons. The molecular weight excluding hydrogens is 282 g/mol. The van der Waals surface area contributed by atoms with Gasteiger partial charge in [-0.3, -0.25) is 9.48 Å². The molecule has 2 heterocycles. The molecule has 6 heteroatoms. The molecule has 1 aromatic heterocycles. The Morgan fingerprint density at radius 2 is 2.23 bits per heavy atom. The van der Waals surface area contributed by atoms with E-state index in [4.69, 9.17) is 14.6 Å². The van der Waals surface area contributed by atoms with Gasteiger partial charge in [0.05, 0.1) is 12.3 Å². The molecule has 0 saturated heterocycles. The maximum absolute atomic E-state index is 12.2. The SMILES string of the molecule is CCOCC(=O)N1CCc2c(c(COC)nn2CC2CC2)C1. The lowest BCUT2D eigenvalue weighted by atomic mass is 10.0. The molecule has 0 aromatic carbocycles. The van der Waals surface area contributed by atoms with Crippen molar-refractivity contribution in [1.82, 2.24) is 14.7 Å². The molecule has 1 amide bonds. The Kier molecular flexibility index (Phi) is 4.78. The van der Waals surface area contributed by atoms with Crippen molar-refractivity contribution in [3.05, 3.63) is 17.0 Å². The summed E-state index contributed by atoms with van der Waals surface area (Å²) in [7, 11) is 1.69. The highest BCUT2D eigenvalue weighted by Crippen LogP contribution is 2.32. The first kappa shape index (κ1) is 15.5. The van der Waals surface area contributed by atoms with Crippen LogP contribution < -0.4 is 0 Å². The van der Waals surface area contributed by atoms with E-state index in [1.807, 2.05) is 11.8 Å². The zero-order chi connectivity index (χ0) is 15.5. The molecule has 122 valence electrons. The van der Waals surface area contributed by atoms with Crippen LogP contribution in [-0.4, -0.2) is 47.5 Å². The van der Waals surface area contributed by atoms with Crippen LogP contribution in [0.3, 0.4) is 0 Å². The number of hydrogen-bond donors (Lipinski definition) is 0. The number of rotatable bonds is 7. The van der Waals surface area contributed by atoms with E-state index < -0.39 is 0 Å². The minimum atomic E-state index is 0.0609. The first-order chi connectivity index (χ1) is 10.7. The van der Waals surface area contributed by atoms with E-state index in [0.717, 1.165) is 31.1 Å². The van der Waals surface area contributed by atoms with E-state index in [1.54, 1.807) is 7.11 Å². The van der Waals surface area contributed by atoms with Gasteiger partial charge in [0.25, 0.3) is 0 Å². The first-order valence-corrected chi connectivity index (χ1v) is 8.14. The molecule has 2 aliphatic rings. The molecule has 0 bridgehead atoms. The molecule has 6 nitrogen and oxygen atoms in total.